The van der Waals surface area contributed by atoms with Gasteiger partial charge in [-0.2, -0.15) is 0 Å². The molecule has 1 aliphatic heterocycles. The van der Waals surface area contributed by atoms with E-state index in [4.69, 9.17) is 5.73 Å². The Balaban J connectivity index is 1.59. The Morgan fingerprint density at radius 2 is 1.94 bits per heavy atom. The molecular weight excluding hydrogens is 446 g/mol. The van der Waals surface area contributed by atoms with Crippen molar-refractivity contribution in [1.29, 1.82) is 0 Å². The first-order valence-electron chi connectivity index (χ1n) is 11.4. The maximum atomic E-state index is 13.6. The number of carbonyl (C=O) groups excluding carboxylic acids is 3. The molecule has 3 heterocycles. The number of benzene rings is 1. The van der Waals surface area contributed by atoms with Gasteiger partial charge < -0.3 is 15.6 Å². The Hall–Kier alpha value is -4.21. The molecule has 0 bridgehead atoms. The summed E-state index contributed by atoms with van der Waals surface area (Å²) in [5.41, 5.74) is 7.49. The van der Waals surface area contributed by atoms with Crippen LogP contribution in [0.4, 0.5) is 16.4 Å². The maximum Gasteiger partial charge on any atom is 0.325 e. The molecule has 3 atom stereocenters. The van der Waals surface area contributed by atoms with Gasteiger partial charge in [0.25, 0.3) is 5.91 Å². The second kappa shape index (κ2) is 9.96. The first-order chi connectivity index (χ1) is 16.8. The monoisotopic (exact) mass is 475 g/mol. The van der Waals surface area contributed by atoms with E-state index in [0.29, 0.717) is 18.1 Å². The number of pyridine rings is 1. The number of nitrogen functional groups attached to an aromatic ring is 1. The molecule has 1 saturated heterocycles. The molecule has 35 heavy (non-hydrogen) atoms. The molecule has 0 saturated carbocycles. The van der Waals surface area contributed by atoms with E-state index in [9.17, 15) is 14.4 Å². The third kappa shape index (κ3) is 4.86. The largest absolute Gasteiger partial charge is 0.384 e. The summed E-state index contributed by atoms with van der Waals surface area (Å²) in [6.45, 7) is 1.95. The normalized spacial score (nSPS) is 18.0. The van der Waals surface area contributed by atoms with Crippen LogP contribution >= 0.6 is 0 Å². The van der Waals surface area contributed by atoms with Gasteiger partial charge in [0.2, 0.25) is 5.91 Å². The third-order valence-corrected chi connectivity index (χ3v) is 6.26. The fourth-order valence-corrected chi connectivity index (χ4v) is 4.34. The van der Waals surface area contributed by atoms with E-state index in [1.165, 1.54) is 4.90 Å². The number of likely N-dealkylation sites (N-methyl/N-ethyl adjacent to an activating group) is 1. The van der Waals surface area contributed by atoms with E-state index in [1.54, 1.807) is 49.5 Å². The van der Waals surface area contributed by atoms with Gasteiger partial charge in [-0.15, -0.1) is 0 Å². The molecule has 1 aromatic carbocycles. The minimum atomic E-state index is -0.975. The van der Waals surface area contributed by atoms with Gasteiger partial charge in [0, 0.05) is 26.5 Å². The van der Waals surface area contributed by atoms with Crippen molar-refractivity contribution in [2.75, 3.05) is 17.7 Å². The van der Waals surface area contributed by atoms with Crippen LogP contribution in [0.1, 0.15) is 30.5 Å². The molecule has 10 heteroatoms. The van der Waals surface area contributed by atoms with Crippen LogP contribution in [0.15, 0.2) is 61.2 Å². The van der Waals surface area contributed by atoms with Gasteiger partial charge >= 0.3 is 6.03 Å². The van der Waals surface area contributed by atoms with Crippen molar-refractivity contribution in [3.05, 3.63) is 72.3 Å². The summed E-state index contributed by atoms with van der Waals surface area (Å²) >= 11 is 0. The van der Waals surface area contributed by atoms with E-state index >= 15 is 0 Å². The molecule has 4 rings (SSSR count). The van der Waals surface area contributed by atoms with Crippen LogP contribution in [0.25, 0.3) is 0 Å². The molecule has 10 nitrogen and oxygen atoms in total. The fraction of sp³-hybridized carbons (Fsp3) is 0.320. The highest BCUT2D eigenvalue weighted by Gasteiger charge is 2.55. The number of anilines is 2. The molecule has 4 amide bonds. The topological polar surface area (TPSA) is 126 Å². The summed E-state index contributed by atoms with van der Waals surface area (Å²) in [6, 6.07) is 11.1. The Kier molecular flexibility index (Phi) is 6.81. The van der Waals surface area contributed by atoms with Crippen LogP contribution in [-0.2, 0) is 23.1 Å². The number of aryl methyl sites for hydroxylation is 1. The van der Waals surface area contributed by atoms with E-state index in [0.717, 1.165) is 16.0 Å². The fourth-order valence-electron chi connectivity index (χ4n) is 4.34. The molecule has 3 aromatic rings. The Morgan fingerprint density at radius 3 is 2.57 bits per heavy atom. The van der Waals surface area contributed by atoms with Crippen LogP contribution < -0.4 is 16.0 Å². The Bertz CT molecular complexity index is 1230. The van der Waals surface area contributed by atoms with E-state index in [2.05, 4.69) is 15.3 Å². The number of imidazole rings is 1. The van der Waals surface area contributed by atoms with Crippen molar-refractivity contribution < 1.29 is 14.4 Å². The minimum Gasteiger partial charge on any atom is -0.384 e. The standard InChI is InChI=1S/C25H29N7O3/c1-4-19(17-8-6-5-7-9-17)29-25(35)32-22(24(34)31(3)21-14-30(2)15-28-21)18(23(32)33)12-16-10-11-27-20(26)13-16/h5-11,13-15,18-19,22H,4,12H2,1-3H3,(H2,26,27)(H,29,35)/t18-,19?,22+/m1/s1. The van der Waals surface area contributed by atoms with Crippen molar-refractivity contribution in [2.24, 2.45) is 13.0 Å². The van der Waals surface area contributed by atoms with E-state index in [1.807, 2.05) is 37.3 Å². The number of nitrogens with two attached hydrogens (primary N) is 1. The second-order valence-electron chi connectivity index (χ2n) is 8.67. The highest BCUT2D eigenvalue weighted by atomic mass is 16.2. The molecule has 0 spiro atoms. The number of hydrogen-bond acceptors (Lipinski definition) is 6. The quantitative estimate of drug-likeness (QED) is 0.505. The van der Waals surface area contributed by atoms with Gasteiger partial charge in [-0.3, -0.25) is 19.4 Å². The van der Waals surface area contributed by atoms with Gasteiger partial charge in [0.05, 0.1) is 18.3 Å². The molecule has 1 aliphatic rings. The van der Waals surface area contributed by atoms with Crippen LogP contribution in [0.2, 0.25) is 0 Å². The lowest BCUT2D eigenvalue weighted by Gasteiger charge is -2.45. The molecule has 1 fully saturated rings. The lowest BCUT2D eigenvalue weighted by Crippen LogP contribution is -2.70. The third-order valence-electron chi connectivity index (χ3n) is 6.26. The molecule has 0 radical (unpaired) electrons. The number of nitrogens with zero attached hydrogens (tertiary/aromatic N) is 5. The first-order valence-corrected chi connectivity index (χ1v) is 11.4. The maximum absolute atomic E-state index is 13.6. The Labute approximate surface area is 203 Å². The number of carbonyl (C=O) groups is 3. The van der Waals surface area contributed by atoms with Gasteiger partial charge in [-0.1, -0.05) is 37.3 Å². The van der Waals surface area contributed by atoms with Gasteiger partial charge in [-0.25, -0.2) is 14.8 Å². The number of amides is 4. The smallest absolute Gasteiger partial charge is 0.325 e. The zero-order valence-corrected chi connectivity index (χ0v) is 20.0. The summed E-state index contributed by atoms with van der Waals surface area (Å²) in [5, 5.41) is 2.92. The summed E-state index contributed by atoms with van der Waals surface area (Å²) in [5.74, 6) is -0.754. The second-order valence-corrected chi connectivity index (χ2v) is 8.67. The molecule has 3 N–H and O–H groups in total. The van der Waals surface area contributed by atoms with Crippen molar-refractivity contribution in [1.82, 2.24) is 24.8 Å². The number of likely N-dealkylation sites (tertiary alicyclic amines) is 1. The van der Waals surface area contributed by atoms with Crippen LogP contribution in [0, 0.1) is 5.92 Å². The summed E-state index contributed by atoms with van der Waals surface area (Å²) in [7, 11) is 3.39. The Morgan fingerprint density at radius 1 is 1.20 bits per heavy atom. The molecule has 1 unspecified atom stereocenters. The van der Waals surface area contributed by atoms with Crippen LogP contribution in [0.5, 0.6) is 0 Å². The van der Waals surface area contributed by atoms with Crippen LogP contribution in [-0.4, -0.2) is 50.4 Å². The average Bonchev–Trinajstić information content (AvgIpc) is 3.29. The SMILES string of the molecule is CCC(NC(=O)N1C(=O)[C@H](Cc2ccnc(N)c2)[C@H]1C(=O)N(C)c1cn(C)cn1)c1ccccc1. The lowest BCUT2D eigenvalue weighted by molar-refractivity contribution is -0.156. The molecule has 2 aromatic heterocycles. The molecule has 182 valence electrons. The number of imide groups is 1. The molecular formula is C25H29N7O3. The van der Waals surface area contributed by atoms with Crippen molar-refractivity contribution >= 4 is 29.5 Å². The average molecular weight is 476 g/mol. The zero-order valence-electron chi connectivity index (χ0n) is 20.0. The predicted octanol–water partition coefficient (Wildman–Crippen LogP) is 2.29. The minimum absolute atomic E-state index is 0.262. The summed E-state index contributed by atoms with van der Waals surface area (Å²) in [6.07, 6.45) is 5.73. The number of hydrogen-bond donors (Lipinski definition) is 2. The van der Waals surface area contributed by atoms with Crippen molar-refractivity contribution in [2.45, 2.75) is 31.8 Å². The highest BCUT2D eigenvalue weighted by molar-refractivity contribution is 6.12. The number of β-lactam (4-membered cyclic amide) rings is 1. The number of urea groups is 1. The number of rotatable bonds is 7. The van der Waals surface area contributed by atoms with Crippen molar-refractivity contribution in [3.8, 4) is 0 Å². The van der Waals surface area contributed by atoms with Gasteiger partial charge in [0.15, 0.2) is 5.82 Å². The highest BCUT2D eigenvalue weighted by Crippen LogP contribution is 2.33. The lowest BCUT2D eigenvalue weighted by atomic mass is 9.81. The van der Waals surface area contributed by atoms with Crippen LogP contribution in [0.3, 0.4) is 0 Å². The summed E-state index contributed by atoms with van der Waals surface area (Å²) in [4.78, 5) is 50.7. The number of nitrogens with one attached hydrogen (secondary N) is 1. The number of aromatic nitrogens is 3. The van der Waals surface area contributed by atoms with Gasteiger partial charge in [-0.05, 0) is 36.1 Å². The van der Waals surface area contributed by atoms with Gasteiger partial charge in [0.1, 0.15) is 11.9 Å². The predicted molar refractivity (Wildman–Crippen MR) is 131 cm³/mol. The first kappa shape index (κ1) is 23.9. The zero-order chi connectivity index (χ0) is 25.1. The van der Waals surface area contributed by atoms with E-state index in [-0.39, 0.29) is 12.5 Å². The summed E-state index contributed by atoms with van der Waals surface area (Å²) < 4.78 is 1.72. The van der Waals surface area contributed by atoms with Crippen molar-refractivity contribution in [3.63, 3.8) is 0 Å². The molecule has 0 aliphatic carbocycles. The van der Waals surface area contributed by atoms with E-state index < -0.39 is 29.8 Å².